The molecule has 0 amide bonds. The number of rotatable bonds is 6. The molecule has 2 N–H and O–H groups in total. The fourth-order valence-corrected chi connectivity index (χ4v) is 3.62. The molecule has 0 saturated heterocycles. The Kier molecular flexibility index (Phi) is 6.51. The zero-order chi connectivity index (χ0) is 28.8. The van der Waals surface area contributed by atoms with E-state index < -0.39 is 42.4 Å². The van der Waals surface area contributed by atoms with Crippen molar-refractivity contribution in [2.45, 2.75) is 18.8 Å². The van der Waals surface area contributed by atoms with Crippen LogP contribution < -0.4 is 10.5 Å². The summed E-state index contributed by atoms with van der Waals surface area (Å²) in [7, 11) is 0. The third kappa shape index (κ3) is 5.34. The van der Waals surface area contributed by atoms with E-state index in [1.807, 2.05) is 0 Å². The molecule has 9 nitrogen and oxygen atoms in total. The quantitative estimate of drug-likeness (QED) is 0.247. The van der Waals surface area contributed by atoms with Crippen LogP contribution in [0.2, 0.25) is 0 Å². The highest BCUT2D eigenvalue weighted by Gasteiger charge is 2.36. The predicted octanol–water partition coefficient (Wildman–Crippen LogP) is 5.99. The molecular formula is C23H13F8N7O2. The lowest BCUT2D eigenvalue weighted by Gasteiger charge is -2.16. The van der Waals surface area contributed by atoms with Gasteiger partial charge in [-0.05, 0) is 30.3 Å². The fourth-order valence-electron chi connectivity index (χ4n) is 3.62. The van der Waals surface area contributed by atoms with Gasteiger partial charge in [-0.15, -0.1) is 0 Å². The maximum absolute atomic E-state index is 14.0. The Morgan fingerprint density at radius 1 is 0.950 bits per heavy atom. The molecule has 5 rings (SSSR count). The van der Waals surface area contributed by atoms with E-state index in [1.54, 1.807) is 6.07 Å². The van der Waals surface area contributed by atoms with E-state index in [2.05, 4.69) is 29.9 Å². The second kappa shape index (κ2) is 9.73. The number of halogens is 8. The molecule has 0 atom stereocenters. The molecular weight excluding hydrogens is 558 g/mol. The first-order valence-corrected chi connectivity index (χ1v) is 10.9. The number of hydrogen-bond acceptors (Lipinski definition) is 8. The molecule has 0 spiro atoms. The van der Waals surface area contributed by atoms with Gasteiger partial charge in [0.05, 0.1) is 17.5 Å². The predicted molar refractivity (Wildman–Crippen MR) is 121 cm³/mol. The minimum Gasteiger partial charge on any atom is -0.483 e. The first-order chi connectivity index (χ1) is 18.8. The lowest BCUT2D eigenvalue weighted by Crippen LogP contribution is -2.21. The third-order valence-electron chi connectivity index (χ3n) is 5.40. The third-order valence-corrected chi connectivity index (χ3v) is 5.40. The molecule has 40 heavy (non-hydrogen) atoms. The van der Waals surface area contributed by atoms with Crippen molar-refractivity contribution in [3.63, 3.8) is 0 Å². The van der Waals surface area contributed by atoms with Gasteiger partial charge in [-0.2, -0.15) is 36.4 Å². The Morgan fingerprint density at radius 3 is 2.35 bits per heavy atom. The highest BCUT2D eigenvalue weighted by Crippen LogP contribution is 2.40. The topological polar surface area (TPSA) is 117 Å². The number of ether oxygens (including phenoxy) is 1. The maximum atomic E-state index is 14.0. The molecule has 208 valence electrons. The molecule has 17 heteroatoms. The number of pyridine rings is 1. The van der Waals surface area contributed by atoms with Gasteiger partial charge < -0.3 is 15.0 Å². The minimum atomic E-state index is -5.06. The van der Waals surface area contributed by atoms with Gasteiger partial charge in [-0.1, -0.05) is 11.2 Å². The second-order valence-electron chi connectivity index (χ2n) is 8.17. The zero-order valence-electron chi connectivity index (χ0n) is 19.5. The van der Waals surface area contributed by atoms with Crippen LogP contribution in [0, 0.1) is 0 Å². The number of nitrogens with two attached hydrogens (primary N) is 1. The summed E-state index contributed by atoms with van der Waals surface area (Å²) in [6.45, 7) is -2.01. The number of nitrogen functional groups attached to an aromatic ring is 1. The van der Waals surface area contributed by atoms with Gasteiger partial charge in [0.15, 0.2) is 12.3 Å². The second-order valence-corrected chi connectivity index (χ2v) is 8.17. The van der Waals surface area contributed by atoms with E-state index in [0.717, 1.165) is 22.8 Å². The van der Waals surface area contributed by atoms with E-state index in [9.17, 15) is 35.1 Å². The van der Waals surface area contributed by atoms with Gasteiger partial charge in [0, 0.05) is 17.3 Å². The number of nitrogens with zero attached hydrogens (tertiary/aromatic N) is 6. The van der Waals surface area contributed by atoms with Crippen LogP contribution in [0.4, 0.5) is 40.9 Å². The summed E-state index contributed by atoms with van der Waals surface area (Å²) in [4.78, 5) is 12.3. The summed E-state index contributed by atoms with van der Waals surface area (Å²) >= 11 is 0. The van der Waals surface area contributed by atoms with E-state index in [4.69, 9.17) is 10.3 Å². The first kappa shape index (κ1) is 26.8. The van der Waals surface area contributed by atoms with E-state index in [0.29, 0.717) is 17.7 Å². The first-order valence-electron chi connectivity index (χ1n) is 10.9. The van der Waals surface area contributed by atoms with Crippen LogP contribution in [0.25, 0.3) is 39.7 Å². The number of fused-ring (bicyclic) bond motifs is 1. The summed E-state index contributed by atoms with van der Waals surface area (Å²) in [6.07, 6.45) is -10.6. The summed E-state index contributed by atoms with van der Waals surface area (Å²) in [5.74, 6) is -1.04. The van der Waals surface area contributed by atoms with Crippen molar-refractivity contribution in [3.05, 3.63) is 60.0 Å². The van der Waals surface area contributed by atoms with Gasteiger partial charge in [0.1, 0.15) is 22.8 Å². The molecule has 0 saturated carbocycles. The zero-order valence-corrected chi connectivity index (χ0v) is 19.5. The molecule has 0 aliphatic rings. The Hall–Kier alpha value is -4.83. The van der Waals surface area contributed by atoms with Crippen molar-refractivity contribution in [2.24, 2.45) is 0 Å². The van der Waals surface area contributed by atoms with Crippen molar-refractivity contribution in [1.82, 2.24) is 29.7 Å². The van der Waals surface area contributed by atoms with Crippen molar-refractivity contribution < 1.29 is 44.4 Å². The number of alkyl halides is 8. The lowest BCUT2D eigenvalue weighted by atomic mass is 10.1. The normalized spacial score (nSPS) is 12.4. The van der Waals surface area contributed by atoms with E-state index in [1.165, 1.54) is 12.3 Å². The van der Waals surface area contributed by atoms with Gasteiger partial charge in [0.25, 0.3) is 12.3 Å². The Balaban J connectivity index is 1.62. The van der Waals surface area contributed by atoms with Crippen LogP contribution in [-0.4, -0.2) is 42.5 Å². The van der Waals surface area contributed by atoms with Crippen molar-refractivity contribution in [2.75, 3.05) is 12.3 Å². The molecule has 0 fully saturated rings. The average Bonchev–Trinajstić information content (AvgIpc) is 3.53. The van der Waals surface area contributed by atoms with Gasteiger partial charge in [0.2, 0.25) is 5.82 Å². The molecule has 0 aliphatic carbocycles. The summed E-state index contributed by atoms with van der Waals surface area (Å²) in [5, 5.41) is 7.69. The summed E-state index contributed by atoms with van der Waals surface area (Å²) in [6, 6.07) is 5.85. The molecule has 4 heterocycles. The fraction of sp³-hybridized carbons (Fsp3) is 0.174. The van der Waals surface area contributed by atoms with Crippen molar-refractivity contribution in [1.29, 1.82) is 0 Å². The van der Waals surface area contributed by atoms with E-state index in [-0.39, 0.29) is 40.0 Å². The molecule has 0 unspecified atom stereocenters. The largest absolute Gasteiger partial charge is 0.483 e. The van der Waals surface area contributed by atoms with Crippen LogP contribution in [-0.2, 0) is 6.18 Å². The smallest absolute Gasteiger partial charge is 0.422 e. The Morgan fingerprint density at radius 2 is 1.70 bits per heavy atom. The monoisotopic (exact) mass is 571 g/mol. The molecule has 0 aliphatic heterocycles. The summed E-state index contributed by atoms with van der Waals surface area (Å²) < 4.78 is 117. The van der Waals surface area contributed by atoms with Gasteiger partial charge in [-0.3, -0.25) is 0 Å². The standard InChI is InChI=1S/C23H13F8N7O2/c24-18(25)15-6-14(10-1-3-13(23(29,30)31)16(5-10)39-9-22(26,27)28)35-20-12(8-34-38(15)20)21-36-19(37-40-21)11-2-4-17(32)33-7-11/h1-8,18H,9H2,(H2,32,33). The highest BCUT2D eigenvalue weighted by molar-refractivity contribution is 5.75. The SMILES string of the molecule is Nc1ccc(-c2noc(-c3cnn4c(C(F)F)cc(-c5ccc(C(F)(F)F)c(OCC(F)(F)F)c5)nc34)n2)cn1. The molecule has 1 aromatic carbocycles. The molecule has 0 bridgehead atoms. The van der Waals surface area contributed by atoms with Crippen LogP contribution >= 0.6 is 0 Å². The molecule has 4 aromatic heterocycles. The average molecular weight is 571 g/mol. The maximum Gasteiger partial charge on any atom is 0.422 e. The Labute approximate surface area is 217 Å². The highest BCUT2D eigenvalue weighted by atomic mass is 19.4. The van der Waals surface area contributed by atoms with Crippen molar-refractivity contribution in [3.8, 4) is 39.8 Å². The number of aromatic nitrogens is 6. The Bertz CT molecular complexity index is 1680. The minimum absolute atomic E-state index is 0.00800. The summed E-state index contributed by atoms with van der Waals surface area (Å²) in [5.41, 5.74) is 2.97. The van der Waals surface area contributed by atoms with Gasteiger partial charge in [-0.25, -0.2) is 23.3 Å². The van der Waals surface area contributed by atoms with Crippen LogP contribution in [0.1, 0.15) is 17.7 Å². The molecule has 5 aromatic rings. The van der Waals surface area contributed by atoms with E-state index >= 15 is 0 Å². The van der Waals surface area contributed by atoms with Crippen LogP contribution in [0.15, 0.2) is 53.3 Å². The molecule has 0 radical (unpaired) electrons. The van der Waals surface area contributed by atoms with Crippen molar-refractivity contribution >= 4 is 11.5 Å². The van der Waals surface area contributed by atoms with Gasteiger partial charge >= 0.3 is 12.4 Å². The van der Waals surface area contributed by atoms with Crippen LogP contribution in [0.5, 0.6) is 5.75 Å². The number of hydrogen-bond donors (Lipinski definition) is 1. The number of benzene rings is 1. The lowest BCUT2D eigenvalue weighted by molar-refractivity contribution is -0.158. The van der Waals surface area contributed by atoms with Crippen LogP contribution in [0.3, 0.4) is 0 Å². The number of anilines is 1.